The zero-order valence-electron chi connectivity index (χ0n) is 7.84. The summed E-state index contributed by atoms with van der Waals surface area (Å²) in [6.07, 6.45) is 1.57. The molecular weight excluding hydrogens is 184 g/mol. The summed E-state index contributed by atoms with van der Waals surface area (Å²) in [5.41, 5.74) is 5.31. The maximum atomic E-state index is 11.2. The predicted molar refractivity (Wildman–Crippen MR) is 50.7 cm³/mol. The Hall–Kier alpha value is -1.62. The normalized spacial score (nSPS) is 12.1. The molecule has 0 spiro atoms. The lowest BCUT2D eigenvalue weighted by Crippen LogP contribution is -2.38. The Bertz CT molecular complexity index is 372. The number of rotatable bonds is 3. The number of aromatic nitrogens is 1. The van der Waals surface area contributed by atoms with Crippen molar-refractivity contribution >= 4 is 5.97 Å². The zero-order chi connectivity index (χ0) is 10.6. The largest absolute Gasteiger partial charge is 0.468 e. The van der Waals surface area contributed by atoms with Gasteiger partial charge in [0.05, 0.1) is 13.7 Å². The minimum atomic E-state index is -0.805. The predicted octanol–water partition coefficient (Wildman–Crippen LogP) is -0.651. The zero-order valence-corrected chi connectivity index (χ0v) is 7.84. The number of methoxy groups -OCH3 is 1. The van der Waals surface area contributed by atoms with E-state index < -0.39 is 12.0 Å². The number of nitrogens with two attached hydrogens (primary N) is 1. The van der Waals surface area contributed by atoms with Gasteiger partial charge in [0.25, 0.3) is 5.56 Å². The van der Waals surface area contributed by atoms with Gasteiger partial charge in [0.1, 0.15) is 6.04 Å². The Balaban J connectivity index is 2.74. The third-order valence-electron chi connectivity index (χ3n) is 1.80. The molecule has 0 fully saturated rings. The molecule has 1 rings (SSSR count). The first kappa shape index (κ1) is 10.5. The van der Waals surface area contributed by atoms with Gasteiger partial charge in [0, 0.05) is 12.3 Å². The van der Waals surface area contributed by atoms with Crippen LogP contribution in [0.2, 0.25) is 0 Å². The van der Waals surface area contributed by atoms with Crippen molar-refractivity contribution in [3.63, 3.8) is 0 Å². The fourth-order valence-corrected chi connectivity index (χ4v) is 1.05. The van der Waals surface area contributed by atoms with Crippen LogP contribution in [0.15, 0.2) is 29.2 Å². The minimum absolute atomic E-state index is 0.131. The van der Waals surface area contributed by atoms with Gasteiger partial charge < -0.3 is 15.0 Å². The molecule has 0 aromatic carbocycles. The van der Waals surface area contributed by atoms with Crippen LogP contribution >= 0.6 is 0 Å². The Labute approximate surface area is 81.1 Å². The van der Waals surface area contributed by atoms with Gasteiger partial charge in [-0.25, -0.2) is 0 Å². The molecule has 0 saturated heterocycles. The Morgan fingerprint density at radius 3 is 2.93 bits per heavy atom. The molecule has 0 radical (unpaired) electrons. The summed E-state index contributed by atoms with van der Waals surface area (Å²) in [4.78, 5) is 22.2. The standard InChI is InChI=1S/C9H12N2O3/c1-14-9(13)7(10)6-11-5-3-2-4-8(11)12/h2-5,7H,6,10H2,1H3. The van der Waals surface area contributed by atoms with E-state index in [0.29, 0.717) is 0 Å². The second-order valence-electron chi connectivity index (χ2n) is 2.82. The van der Waals surface area contributed by atoms with E-state index >= 15 is 0 Å². The smallest absolute Gasteiger partial charge is 0.324 e. The highest BCUT2D eigenvalue weighted by Crippen LogP contribution is 1.89. The van der Waals surface area contributed by atoms with Gasteiger partial charge in [-0.3, -0.25) is 9.59 Å². The van der Waals surface area contributed by atoms with Gasteiger partial charge in [0.2, 0.25) is 0 Å². The molecule has 1 unspecified atom stereocenters. The van der Waals surface area contributed by atoms with E-state index in [0.717, 1.165) is 0 Å². The lowest BCUT2D eigenvalue weighted by molar-refractivity contribution is -0.142. The fraction of sp³-hybridized carbons (Fsp3) is 0.333. The molecule has 0 aliphatic rings. The molecule has 1 heterocycles. The van der Waals surface area contributed by atoms with Crippen molar-refractivity contribution in [2.75, 3.05) is 7.11 Å². The van der Waals surface area contributed by atoms with Crippen molar-refractivity contribution in [3.05, 3.63) is 34.7 Å². The molecule has 14 heavy (non-hydrogen) atoms. The molecule has 0 saturated carbocycles. The summed E-state index contributed by atoms with van der Waals surface area (Å²) in [6, 6.07) is 3.93. The maximum Gasteiger partial charge on any atom is 0.324 e. The van der Waals surface area contributed by atoms with Crippen molar-refractivity contribution in [3.8, 4) is 0 Å². The summed E-state index contributed by atoms with van der Waals surface area (Å²) in [5, 5.41) is 0. The number of esters is 1. The van der Waals surface area contributed by atoms with Crippen LogP contribution in [0.4, 0.5) is 0 Å². The third kappa shape index (κ3) is 2.43. The molecule has 5 nitrogen and oxygen atoms in total. The van der Waals surface area contributed by atoms with Crippen molar-refractivity contribution in [1.82, 2.24) is 4.57 Å². The van der Waals surface area contributed by atoms with Gasteiger partial charge >= 0.3 is 5.97 Å². The van der Waals surface area contributed by atoms with Crippen molar-refractivity contribution < 1.29 is 9.53 Å². The second-order valence-corrected chi connectivity index (χ2v) is 2.82. The molecule has 1 aromatic rings. The van der Waals surface area contributed by atoms with Crippen molar-refractivity contribution in [2.45, 2.75) is 12.6 Å². The van der Waals surface area contributed by atoms with E-state index in [2.05, 4.69) is 4.74 Å². The Morgan fingerprint density at radius 1 is 1.64 bits per heavy atom. The molecule has 0 bridgehead atoms. The summed E-state index contributed by atoms with van der Waals surface area (Å²) in [5.74, 6) is -0.527. The van der Waals surface area contributed by atoms with Crippen molar-refractivity contribution in [2.24, 2.45) is 5.73 Å². The number of hydrogen-bond acceptors (Lipinski definition) is 4. The quantitative estimate of drug-likeness (QED) is 0.652. The molecule has 1 aromatic heterocycles. The van der Waals surface area contributed by atoms with Crippen LogP contribution in [-0.4, -0.2) is 23.7 Å². The summed E-state index contributed by atoms with van der Waals surface area (Å²) >= 11 is 0. The van der Waals surface area contributed by atoms with Gasteiger partial charge in [-0.05, 0) is 6.07 Å². The first-order chi connectivity index (χ1) is 6.65. The number of ether oxygens (including phenoxy) is 1. The highest BCUT2D eigenvalue weighted by molar-refractivity contribution is 5.75. The molecule has 0 aliphatic carbocycles. The highest BCUT2D eigenvalue weighted by atomic mass is 16.5. The van der Waals surface area contributed by atoms with Gasteiger partial charge in [-0.2, -0.15) is 0 Å². The fourth-order valence-electron chi connectivity index (χ4n) is 1.05. The summed E-state index contributed by atoms with van der Waals surface area (Å²) < 4.78 is 5.81. The van der Waals surface area contributed by atoms with Crippen molar-refractivity contribution in [1.29, 1.82) is 0 Å². The van der Waals surface area contributed by atoms with Crippen LogP contribution in [0.3, 0.4) is 0 Å². The van der Waals surface area contributed by atoms with Crippen LogP contribution in [0.1, 0.15) is 0 Å². The molecular formula is C9H12N2O3. The first-order valence-electron chi connectivity index (χ1n) is 4.14. The van der Waals surface area contributed by atoms with Crippen LogP contribution in [-0.2, 0) is 16.1 Å². The van der Waals surface area contributed by atoms with Crippen LogP contribution in [0.5, 0.6) is 0 Å². The maximum absolute atomic E-state index is 11.2. The lowest BCUT2D eigenvalue weighted by Gasteiger charge is -2.10. The van der Waals surface area contributed by atoms with Gasteiger partial charge in [0.15, 0.2) is 0 Å². The lowest BCUT2D eigenvalue weighted by atomic mass is 10.3. The average Bonchev–Trinajstić information content (AvgIpc) is 2.20. The van der Waals surface area contributed by atoms with Crippen LogP contribution < -0.4 is 11.3 Å². The van der Waals surface area contributed by atoms with Crippen LogP contribution in [0, 0.1) is 0 Å². The SMILES string of the molecule is COC(=O)C(N)Cn1ccccc1=O. The number of carbonyl (C=O) groups is 1. The molecule has 0 amide bonds. The van der Waals surface area contributed by atoms with E-state index in [1.165, 1.54) is 17.7 Å². The minimum Gasteiger partial charge on any atom is -0.468 e. The van der Waals surface area contributed by atoms with Gasteiger partial charge in [-0.1, -0.05) is 6.07 Å². The summed E-state index contributed by atoms with van der Waals surface area (Å²) in [7, 11) is 1.26. The monoisotopic (exact) mass is 196 g/mol. The van der Waals surface area contributed by atoms with E-state index in [4.69, 9.17) is 5.73 Å². The highest BCUT2D eigenvalue weighted by Gasteiger charge is 2.14. The number of carbonyl (C=O) groups excluding carboxylic acids is 1. The third-order valence-corrected chi connectivity index (χ3v) is 1.80. The average molecular weight is 196 g/mol. The molecule has 0 aliphatic heterocycles. The van der Waals surface area contributed by atoms with E-state index in [1.807, 2.05) is 0 Å². The molecule has 2 N–H and O–H groups in total. The Morgan fingerprint density at radius 2 is 2.36 bits per heavy atom. The Kier molecular flexibility index (Phi) is 3.41. The van der Waals surface area contributed by atoms with E-state index in [-0.39, 0.29) is 12.1 Å². The summed E-state index contributed by atoms with van der Waals surface area (Å²) in [6.45, 7) is 0.131. The first-order valence-corrected chi connectivity index (χ1v) is 4.14. The van der Waals surface area contributed by atoms with E-state index in [1.54, 1.807) is 18.3 Å². The van der Waals surface area contributed by atoms with Crippen LogP contribution in [0.25, 0.3) is 0 Å². The number of nitrogens with zero attached hydrogens (tertiary/aromatic N) is 1. The van der Waals surface area contributed by atoms with E-state index in [9.17, 15) is 9.59 Å². The molecule has 1 atom stereocenters. The molecule has 76 valence electrons. The molecule has 5 heteroatoms. The number of pyridine rings is 1. The van der Waals surface area contributed by atoms with Gasteiger partial charge in [-0.15, -0.1) is 0 Å². The number of hydrogen-bond donors (Lipinski definition) is 1. The second kappa shape index (κ2) is 4.57. The topological polar surface area (TPSA) is 74.3 Å².